The van der Waals surface area contributed by atoms with E-state index in [0.717, 1.165) is 22.2 Å². The molecule has 0 bridgehead atoms. The summed E-state index contributed by atoms with van der Waals surface area (Å²) in [6.45, 7) is 0. The molecule has 0 unspecified atom stereocenters. The first-order chi connectivity index (χ1) is 13.3. The van der Waals surface area contributed by atoms with Crippen molar-refractivity contribution in [2.75, 3.05) is 10.9 Å². The number of para-hydroxylation sites is 3. The molecule has 0 spiro atoms. The topological polar surface area (TPSA) is 95.6 Å². The molecular formula is C20H14N6O. The van der Waals surface area contributed by atoms with Crippen molar-refractivity contribution in [2.24, 2.45) is 0 Å². The highest BCUT2D eigenvalue weighted by Crippen LogP contribution is 2.20. The molecule has 0 aliphatic heterocycles. The lowest BCUT2D eigenvalue weighted by atomic mass is 10.2. The van der Waals surface area contributed by atoms with E-state index in [9.17, 15) is 4.79 Å². The fraction of sp³-hybridized carbons (Fsp3) is 0. The largest absolute Gasteiger partial charge is 0.317 e. The minimum absolute atomic E-state index is 0.180. The number of hydrogen-bond acceptors (Lipinski definition) is 6. The van der Waals surface area contributed by atoms with Crippen molar-refractivity contribution in [3.63, 3.8) is 0 Å². The predicted octanol–water partition coefficient (Wildman–Crippen LogP) is 3.46. The Kier molecular flexibility index (Phi) is 3.43. The molecule has 0 aliphatic carbocycles. The van der Waals surface area contributed by atoms with E-state index in [4.69, 9.17) is 0 Å². The van der Waals surface area contributed by atoms with Gasteiger partial charge < -0.3 is 4.98 Å². The molecule has 5 aromatic rings. The SMILES string of the molecule is O=c1[nH]c2cc3nc4ccccc4nc3cc2nc1NNc1ccccc1. The Bertz CT molecular complexity index is 1350. The maximum Gasteiger partial charge on any atom is 0.292 e. The third-order valence-electron chi connectivity index (χ3n) is 4.25. The Balaban J connectivity index is 1.59. The zero-order chi connectivity index (χ0) is 18.2. The standard InChI is InChI=1S/C20H14N6O/c27-20-19(26-25-12-6-2-1-3-7-12)23-17-10-15-16(11-18(17)24-20)22-14-9-5-4-8-13(14)21-15/h1-11,25H,(H,23,26)(H,24,27). The fourth-order valence-electron chi connectivity index (χ4n) is 2.94. The Morgan fingerprint density at radius 2 is 1.33 bits per heavy atom. The normalized spacial score (nSPS) is 11.1. The number of hydrogen-bond donors (Lipinski definition) is 3. The Labute approximate surface area is 153 Å². The van der Waals surface area contributed by atoms with E-state index >= 15 is 0 Å². The van der Waals surface area contributed by atoms with E-state index in [1.807, 2.05) is 60.7 Å². The summed E-state index contributed by atoms with van der Waals surface area (Å²) in [5.41, 5.74) is 10.6. The van der Waals surface area contributed by atoms with Gasteiger partial charge in [0.05, 0.1) is 38.8 Å². The first kappa shape index (κ1) is 15.3. The number of anilines is 2. The lowest BCUT2D eigenvalue weighted by Gasteiger charge is -2.09. The van der Waals surface area contributed by atoms with Crippen LogP contribution in [0.3, 0.4) is 0 Å². The monoisotopic (exact) mass is 354 g/mol. The molecule has 0 radical (unpaired) electrons. The molecule has 5 rings (SSSR count). The molecule has 2 aromatic heterocycles. The van der Waals surface area contributed by atoms with Gasteiger partial charge in [-0.3, -0.25) is 15.6 Å². The molecule has 27 heavy (non-hydrogen) atoms. The second kappa shape index (κ2) is 6.06. The average molecular weight is 354 g/mol. The number of fused-ring (bicyclic) bond motifs is 3. The molecule has 7 heteroatoms. The van der Waals surface area contributed by atoms with Gasteiger partial charge in [-0.15, -0.1) is 0 Å². The second-order valence-electron chi connectivity index (χ2n) is 6.10. The first-order valence-corrected chi connectivity index (χ1v) is 8.44. The number of aromatic nitrogens is 4. The van der Waals surface area contributed by atoms with Gasteiger partial charge in [0.25, 0.3) is 5.56 Å². The summed E-state index contributed by atoms with van der Waals surface area (Å²) < 4.78 is 0. The second-order valence-corrected chi connectivity index (χ2v) is 6.10. The maximum atomic E-state index is 12.3. The summed E-state index contributed by atoms with van der Waals surface area (Å²) >= 11 is 0. The van der Waals surface area contributed by atoms with Crippen LogP contribution >= 0.6 is 0 Å². The molecule has 3 N–H and O–H groups in total. The van der Waals surface area contributed by atoms with Crippen molar-refractivity contribution < 1.29 is 0 Å². The number of hydrazine groups is 1. The van der Waals surface area contributed by atoms with Crippen LogP contribution in [0.15, 0.2) is 71.5 Å². The third kappa shape index (κ3) is 2.81. The van der Waals surface area contributed by atoms with Crippen molar-refractivity contribution >= 4 is 44.6 Å². The van der Waals surface area contributed by atoms with Gasteiger partial charge in [-0.2, -0.15) is 0 Å². The Morgan fingerprint density at radius 3 is 2.07 bits per heavy atom. The van der Waals surface area contributed by atoms with Crippen LogP contribution < -0.4 is 16.4 Å². The highest BCUT2D eigenvalue weighted by Gasteiger charge is 2.08. The number of nitrogens with one attached hydrogen (secondary N) is 3. The summed E-state index contributed by atoms with van der Waals surface area (Å²) in [7, 11) is 0. The highest BCUT2D eigenvalue weighted by molar-refractivity contribution is 5.94. The van der Waals surface area contributed by atoms with Crippen molar-refractivity contribution in [2.45, 2.75) is 0 Å². The van der Waals surface area contributed by atoms with E-state index in [1.54, 1.807) is 6.07 Å². The zero-order valence-electron chi connectivity index (χ0n) is 14.1. The summed E-state index contributed by atoms with van der Waals surface area (Å²) in [5, 5.41) is 0. The molecule has 0 aliphatic rings. The smallest absolute Gasteiger partial charge is 0.292 e. The quantitative estimate of drug-likeness (QED) is 0.339. The van der Waals surface area contributed by atoms with Crippen molar-refractivity contribution in [1.29, 1.82) is 0 Å². The molecular weight excluding hydrogens is 340 g/mol. The molecule has 0 saturated carbocycles. The summed E-state index contributed by atoms with van der Waals surface area (Å²) in [4.78, 5) is 28.9. The molecule has 0 atom stereocenters. The van der Waals surface area contributed by atoms with Crippen LogP contribution in [-0.4, -0.2) is 19.9 Å². The first-order valence-electron chi connectivity index (χ1n) is 8.44. The van der Waals surface area contributed by atoms with Gasteiger partial charge in [-0.05, 0) is 36.4 Å². The van der Waals surface area contributed by atoms with E-state index < -0.39 is 0 Å². The van der Waals surface area contributed by atoms with Gasteiger partial charge in [-0.1, -0.05) is 30.3 Å². The highest BCUT2D eigenvalue weighted by atomic mass is 16.1. The Morgan fingerprint density at radius 1 is 0.667 bits per heavy atom. The predicted molar refractivity (Wildman–Crippen MR) is 107 cm³/mol. The van der Waals surface area contributed by atoms with Crippen LogP contribution in [0.4, 0.5) is 11.5 Å². The maximum absolute atomic E-state index is 12.3. The lowest BCUT2D eigenvalue weighted by Crippen LogP contribution is -2.20. The summed E-state index contributed by atoms with van der Waals surface area (Å²) in [5.74, 6) is 0.180. The molecule has 0 saturated heterocycles. The Hall–Kier alpha value is -4.00. The molecule has 3 aromatic carbocycles. The van der Waals surface area contributed by atoms with Crippen LogP contribution in [0.25, 0.3) is 33.1 Å². The lowest BCUT2D eigenvalue weighted by molar-refractivity contribution is 1.19. The number of aromatic amines is 1. The molecule has 7 nitrogen and oxygen atoms in total. The van der Waals surface area contributed by atoms with Crippen LogP contribution in [-0.2, 0) is 0 Å². The molecule has 130 valence electrons. The van der Waals surface area contributed by atoms with E-state index in [-0.39, 0.29) is 11.4 Å². The fourth-order valence-corrected chi connectivity index (χ4v) is 2.94. The van der Waals surface area contributed by atoms with Gasteiger partial charge in [0, 0.05) is 0 Å². The van der Waals surface area contributed by atoms with Gasteiger partial charge in [0.1, 0.15) is 0 Å². The van der Waals surface area contributed by atoms with Crippen LogP contribution in [0, 0.1) is 0 Å². The van der Waals surface area contributed by atoms with E-state index in [0.29, 0.717) is 16.6 Å². The summed E-state index contributed by atoms with van der Waals surface area (Å²) in [6.07, 6.45) is 0. The third-order valence-corrected chi connectivity index (χ3v) is 4.25. The minimum Gasteiger partial charge on any atom is -0.317 e. The minimum atomic E-state index is -0.320. The van der Waals surface area contributed by atoms with Gasteiger partial charge >= 0.3 is 0 Å². The van der Waals surface area contributed by atoms with Crippen LogP contribution in [0.1, 0.15) is 0 Å². The molecule has 2 heterocycles. The molecule has 0 amide bonds. The van der Waals surface area contributed by atoms with Crippen molar-refractivity contribution in [1.82, 2.24) is 19.9 Å². The van der Waals surface area contributed by atoms with Crippen LogP contribution in [0.2, 0.25) is 0 Å². The number of nitrogens with zero attached hydrogens (tertiary/aromatic N) is 3. The van der Waals surface area contributed by atoms with E-state index in [1.165, 1.54) is 0 Å². The average Bonchev–Trinajstić information content (AvgIpc) is 2.70. The van der Waals surface area contributed by atoms with Gasteiger partial charge in [-0.25, -0.2) is 15.0 Å². The summed E-state index contributed by atoms with van der Waals surface area (Å²) in [6, 6.07) is 20.8. The van der Waals surface area contributed by atoms with Crippen molar-refractivity contribution in [3.8, 4) is 0 Å². The molecule has 0 fully saturated rings. The zero-order valence-corrected chi connectivity index (χ0v) is 14.1. The van der Waals surface area contributed by atoms with E-state index in [2.05, 4.69) is 30.8 Å². The number of rotatable bonds is 3. The van der Waals surface area contributed by atoms with Gasteiger partial charge in [0.15, 0.2) is 0 Å². The van der Waals surface area contributed by atoms with Crippen LogP contribution in [0.5, 0.6) is 0 Å². The van der Waals surface area contributed by atoms with Crippen molar-refractivity contribution in [3.05, 3.63) is 77.1 Å². The number of benzene rings is 3. The number of H-pyrrole nitrogens is 1. The van der Waals surface area contributed by atoms with Gasteiger partial charge in [0.2, 0.25) is 5.82 Å².